The molecule has 3 aromatic rings. The number of anilines is 1. The highest BCUT2D eigenvalue weighted by molar-refractivity contribution is 6.18. The summed E-state index contributed by atoms with van der Waals surface area (Å²) in [5.41, 5.74) is 6.84. The summed E-state index contributed by atoms with van der Waals surface area (Å²) in [5, 5.41) is 0.570. The molecule has 0 aliphatic heterocycles. The Morgan fingerprint density at radius 1 is 1.00 bits per heavy atom. The highest BCUT2D eigenvalue weighted by Gasteiger charge is 2.17. The SMILES string of the molecule is Nc1ccc(F)cc1C(=O)c1c[nH]c2cc(F)ccc12. The normalized spacial score (nSPS) is 10.9. The zero-order chi connectivity index (χ0) is 14.3. The average Bonchev–Trinajstić information content (AvgIpc) is 2.83. The topological polar surface area (TPSA) is 58.9 Å². The van der Waals surface area contributed by atoms with Crippen LogP contribution in [0.2, 0.25) is 0 Å². The van der Waals surface area contributed by atoms with Crippen molar-refractivity contribution in [1.29, 1.82) is 0 Å². The smallest absolute Gasteiger partial charge is 0.197 e. The lowest BCUT2D eigenvalue weighted by Gasteiger charge is -2.04. The molecule has 20 heavy (non-hydrogen) atoms. The fourth-order valence-corrected chi connectivity index (χ4v) is 2.16. The predicted molar refractivity (Wildman–Crippen MR) is 72.5 cm³/mol. The first-order valence-electron chi connectivity index (χ1n) is 5.92. The highest BCUT2D eigenvalue weighted by atomic mass is 19.1. The van der Waals surface area contributed by atoms with Gasteiger partial charge in [-0.05, 0) is 36.4 Å². The number of carbonyl (C=O) groups is 1. The maximum absolute atomic E-state index is 13.3. The molecule has 0 saturated heterocycles. The minimum atomic E-state index is -0.534. The van der Waals surface area contributed by atoms with Crippen molar-refractivity contribution in [3.05, 3.63) is 65.4 Å². The van der Waals surface area contributed by atoms with Crippen LogP contribution in [0.15, 0.2) is 42.6 Å². The van der Waals surface area contributed by atoms with Crippen molar-refractivity contribution in [3.8, 4) is 0 Å². The predicted octanol–water partition coefficient (Wildman–Crippen LogP) is 3.26. The number of nitrogen functional groups attached to an aromatic ring is 1. The molecule has 1 heterocycles. The third-order valence-corrected chi connectivity index (χ3v) is 3.15. The molecule has 2 aromatic carbocycles. The van der Waals surface area contributed by atoms with Crippen LogP contribution in [0.1, 0.15) is 15.9 Å². The summed E-state index contributed by atoms with van der Waals surface area (Å²) < 4.78 is 26.4. The summed E-state index contributed by atoms with van der Waals surface area (Å²) in [4.78, 5) is 15.2. The fraction of sp³-hybridized carbons (Fsp3) is 0. The lowest BCUT2D eigenvalue weighted by atomic mass is 10.0. The van der Waals surface area contributed by atoms with Crippen molar-refractivity contribution >= 4 is 22.4 Å². The Balaban J connectivity index is 2.15. The number of nitrogens with two attached hydrogens (primary N) is 1. The summed E-state index contributed by atoms with van der Waals surface area (Å²) in [6.07, 6.45) is 1.47. The van der Waals surface area contributed by atoms with Gasteiger partial charge in [0.1, 0.15) is 11.6 Å². The third-order valence-electron chi connectivity index (χ3n) is 3.15. The molecule has 0 saturated carbocycles. The molecule has 1 aromatic heterocycles. The van der Waals surface area contributed by atoms with Gasteiger partial charge < -0.3 is 10.7 Å². The van der Waals surface area contributed by atoms with E-state index in [-0.39, 0.29) is 11.3 Å². The zero-order valence-corrected chi connectivity index (χ0v) is 10.3. The van der Waals surface area contributed by atoms with E-state index >= 15 is 0 Å². The number of H-pyrrole nitrogens is 1. The van der Waals surface area contributed by atoms with Crippen LogP contribution in [-0.2, 0) is 0 Å². The minimum Gasteiger partial charge on any atom is -0.398 e. The van der Waals surface area contributed by atoms with Gasteiger partial charge >= 0.3 is 0 Å². The van der Waals surface area contributed by atoms with Crippen LogP contribution >= 0.6 is 0 Å². The van der Waals surface area contributed by atoms with E-state index in [1.165, 1.54) is 36.5 Å². The number of carbonyl (C=O) groups excluding carboxylic acids is 1. The van der Waals surface area contributed by atoms with Gasteiger partial charge in [0.25, 0.3) is 0 Å². The van der Waals surface area contributed by atoms with Crippen molar-refractivity contribution in [2.45, 2.75) is 0 Å². The monoisotopic (exact) mass is 272 g/mol. The second-order valence-electron chi connectivity index (χ2n) is 4.45. The molecule has 5 heteroatoms. The number of aromatic amines is 1. The van der Waals surface area contributed by atoms with E-state index in [0.29, 0.717) is 16.5 Å². The molecule has 3 N–H and O–H groups in total. The van der Waals surface area contributed by atoms with Gasteiger partial charge in [-0.25, -0.2) is 8.78 Å². The molecule has 0 spiro atoms. The number of hydrogen-bond donors (Lipinski definition) is 2. The van der Waals surface area contributed by atoms with Crippen LogP contribution in [0.25, 0.3) is 10.9 Å². The molecule has 0 bridgehead atoms. The molecular weight excluding hydrogens is 262 g/mol. The van der Waals surface area contributed by atoms with E-state index < -0.39 is 17.4 Å². The van der Waals surface area contributed by atoms with Crippen LogP contribution in [0.5, 0.6) is 0 Å². The highest BCUT2D eigenvalue weighted by Crippen LogP contribution is 2.24. The zero-order valence-electron chi connectivity index (χ0n) is 10.3. The number of rotatable bonds is 2. The molecule has 0 aliphatic rings. The second kappa shape index (κ2) is 4.45. The summed E-state index contributed by atoms with van der Waals surface area (Å²) in [6, 6.07) is 7.70. The lowest BCUT2D eigenvalue weighted by Crippen LogP contribution is -2.05. The van der Waals surface area contributed by atoms with Gasteiger partial charge in [0, 0.05) is 33.9 Å². The van der Waals surface area contributed by atoms with Gasteiger partial charge in [-0.15, -0.1) is 0 Å². The number of fused-ring (bicyclic) bond motifs is 1. The summed E-state index contributed by atoms with van der Waals surface area (Å²) in [5.74, 6) is -1.34. The summed E-state index contributed by atoms with van der Waals surface area (Å²) >= 11 is 0. The molecule has 0 amide bonds. The van der Waals surface area contributed by atoms with E-state index in [2.05, 4.69) is 4.98 Å². The van der Waals surface area contributed by atoms with E-state index in [9.17, 15) is 13.6 Å². The Morgan fingerprint density at radius 3 is 2.50 bits per heavy atom. The number of halogens is 2. The van der Waals surface area contributed by atoms with Gasteiger partial charge in [0.05, 0.1) is 0 Å². The van der Waals surface area contributed by atoms with Gasteiger partial charge in [-0.2, -0.15) is 0 Å². The lowest BCUT2D eigenvalue weighted by molar-refractivity contribution is 0.104. The largest absolute Gasteiger partial charge is 0.398 e. The summed E-state index contributed by atoms with van der Waals surface area (Å²) in [6.45, 7) is 0. The van der Waals surface area contributed by atoms with E-state index in [1.807, 2.05) is 0 Å². The Kier molecular flexibility index (Phi) is 2.75. The van der Waals surface area contributed by atoms with E-state index in [4.69, 9.17) is 5.73 Å². The van der Waals surface area contributed by atoms with Gasteiger partial charge in [-0.3, -0.25) is 4.79 Å². The molecule has 0 atom stereocenters. The van der Waals surface area contributed by atoms with Crippen LogP contribution in [0, 0.1) is 11.6 Å². The van der Waals surface area contributed by atoms with Crippen LogP contribution < -0.4 is 5.73 Å². The first-order valence-corrected chi connectivity index (χ1v) is 5.92. The number of hydrogen-bond acceptors (Lipinski definition) is 2. The van der Waals surface area contributed by atoms with Crippen LogP contribution in [0.4, 0.5) is 14.5 Å². The molecule has 100 valence electrons. The molecule has 3 rings (SSSR count). The fourth-order valence-electron chi connectivity index (χ4n) is 2.16. The Labute approximate surface area is 113 Å². The first-order chi connectivity index (χ1) is 9.56. The summed E-state index contributed by atoms with van der Waals surface area (Å²) in [7, 11) is 0. The Hall–Kier alpha value is -2.69. The third kappa shape index (κ3) is 1.93. The van der Waals surface area contributed by atoms with Gasteiger partial charge in [0.2, 0.25) is 0 Å². The minimum absolute atomic E-state index is 0.0928. The number of aromatic nitrogens is 1. The van der Waals surface area contributed by atoms with Crippen LogP contribution in [0.3, 0.4) is 0 Å². The van der Waals surface area contributed by atoms with Crippen molar-refractivity contribution in [1.82, 2.24) is 4.98 Å². The average molecular weight is 272 g/mol. The van der Waals surface area contributed by atoms with E-state index in [1.54, 1.807) is 0 Å². The standard InChI is InChI=1S/C15H10F2N2O/c16-8-2-4-13(18)11(5-8)15(20)12-7-19-14-6-9(17)1-3-10(12)14/h1-7,19H,18H2. The molecule has 0 fully saturated rings. The van der Waals surface area contributed by atoms with Crippen molar-refractivity contribution < 1.29 is 13.6 Å². The Morgan fingerprint density at radius 2 is 1.70 bits per heavy atom. The van der Waals surface area contributed by atoms with Gasteiger partial charge in [0.15, 0.2) is 5.78 Å². The number of benzene rings is 2. The molecule has 0 aliphatic carbocycles. The molecule has 0 radical (unpaired) electrons. The first kappa shape index (κ1) is 12.3. The molecule has 0 unspecified atom stereocenters. The van der Waals surface area contributed by atoms with Crippen molar-refractivity contribution in [2.24, 2.45) is 0 Å². The number of nitrogens with one attached hydrogen (secondary N) is 1. The maximum atomic E-state index is 13.3. The second-order valence-corrected chi connectivity index (χ2v) is 4.45. The number of ketones is 1. The quantitative estimate of drug-likeness (QED) is 0.555. The van der Waals surface area contributed by atoms with Crippen molar-refractivity contribution in [3.63, 3.8) is 0 Å². The molecular formula is C15H10F2N2O. The van der Waals surface area contributed by atoms with Gasteiger partial charge in [-0.1, -0.05) is 0 Å². The molecule has 3 nitrogen and oxygen atoms in total. The Bertz CT molecular complexity index is 824. The van der Waals surface area contributed by atoms with Crippen LogP contribution in [-0.4, -0.2) is 10.8 Å². The maximum Gasteiger partial charge on any atom is 0.197 e. The van der Waals surface area contributed by atoms with Crippen molar-refractivity contribution in [2.75, 3.05) is 5.73 Å². The van der Waals surface area contributed by atoms with E-state index in [0.717, 1.165) is 6.07 Å².